The molecular weight excluding hydrogens is 294 g/mol. The summed E-state index contributed by atoms with van der Waals surface area (Å²) in [7, 11) is 0. The van der Waals surface area contributed by atoms with E-state index in [1.807, 2.05) is 18.2 Å². The van der Waals surface area contributed by atoms with Crippen molar-refractivity contribution in [2.75, 3.05) is 19.7 Å². The molecule has 2 aliphatic rings. The summed E-state index contributed by atoms with van der Waals surface area (Å²) in [6.45, 7) is 2.37. The van der Waals surface area contributed by atoms with Crippen LogP contribution in [0, 0.1) is 5.92 Å². The van der Waals surface area contributed by atoms with Crippen LogP contribution in [-0.2, 0) is 27.2 Å². The van der Waals surface area contributed by atoms with Crippen LogP contribution in [0.2, 0.25) is 0 Å². The Morgan fingerprint density at radius 2 is 2.04 bits per heavy atom. The van der Waals surface area contributed by atoms with Gasteiger partial charge in [0.15, 0.2) is 5.78 Å². The molecule has 23 heavy (non-hydrogen) atoms. The third-order valence-electron chi connectivity index (χ3n) is 4.63. The van der Waals surface area contributed by atoms with Crippen LogP contribution in [-0.4, -0.2) is 42.3 Å². The number of aryl methyl sites for hydroxylation is 2. The Morgan fingerprint density at radius 3 is 2.78 bits per heavy atom. The molecule has 1 aromatic rings. The fourth-order valence-electron chi connectivity index (χ4n) is 3.38. The number of ketones is 1. The van der Waals surface area contributed by atoms with Crippen molar-refractivity contribution in [2.45, 2.75) is 32.6 Å². The molecule has 0 spiro atoms. The smallest absolute Gasteiger partial charge is 0.316 e. The maximum atomic E-state index is 12.6. The predicted molar refractivity (Wildman–Crippen MR) is 84.1 cm³/mol. The molecule has 1 heterocycles. The van der Waals surface area contributed by atoms with Crippen molar-refractivity contribution in [1.29, 1.82) is 0 Å². The minimum absolute atomic E-state index is 0.0145. The van der Waals surface area contributed by atoms with Crippen LogP contribution in [0.4, 0.5) is 0 Å². The first-order valence-corrected chi connectivity index (χ1v) is 8.20. The van der Waals surface area contributed by atoms with Gasteiger partial charge < -0.3 is 9.64 Å². The van der Waals surface area contributed by atoms with E-state index in [-0.39, 0.29) is 24.8 Å². The normalized spacial score (nSPS) is 20.3. The standard InChI is InChI=1S/C18H21NO4/c1-2-23-18(22)15-8-9-19(11-16(15)20)17(21)14-7-6-12-4-3-5-13(12)10-14/h6-7,10,15H,2-5,8-9,11H2,1H3. The quantitative estimate of drug-likeness (QED) is 0.630. The SMILES string of the molecule is CCOC(=O)C1CCN(C(=O)c2ccc3c(c2)CCC3)CC1=O. The number of benzene rings is 1. The summed E-state index contributed by atoms with van der Waals surface area (Å²) >= 11 is 0. The zero-order valence-electron chi connectivity index (χ0n) is 13.3. The predicted octanol–water partition coefficient (Wildman–Crippen LogP) is 1.77. The molecule has 1 aliphatic carbocycles. The summed E-state index contributed by atoms with van der Waals surface area (Å²) in [5.41, 5.74) is 3.19. The Kier molecular flexibility index (Phi) is 4.46. The lowest BCUT2D eigenvalue weighted by Crippen LogP contribution is -2.46. The lowest BCUT2D eigenvalue weighted by atomic mass is 9.95. The van der Waals surface area contributed by atoms with Gasteiger partial charge >= 0.3 is 5.97 Å². The van der Waals surface area contributed by atoms with Gasteiger partial charge in [0, 0.05) is 12.1 Å². The van der Waals surface area contributed by atoms with Gasteiger partial charge in [0.25, 0.3) is 5.91 Å². The van der Waals surface area contributed by atoms with Gasteiger partial charge in [-0.2, -0.15) is 0 Å². The van der Waals surface area contributed by atoms with E-state index in [1.165, 1.54) is 16.0 Å². The van der Waals surface area contributed by atoms with Crippen LogP contribution in [0.1, 0.15) is 41.3 Å². The topological polar surface area (TPSA) is 63.7 Å². The summed E-state index contributed by atoms with van der Waals surface area (Å²) in [4.78, 5) is 38.0. The molecule has 3 rings (SSSR count). The number of rotatable bonds is 3. The largest absolute Gasteiger partial charge is 0.465 e. The van der Waals surface area contributed by atoms with Crippen LogP contribution in [0.5, 0.6) is 0 Å². The number of hydrogen-bond acceptors (Lipinski definition) is 4. The third kappa shape index (κ3) is 3.14. The van der Waals surface area contributed by atoms with E-state index in [0.29, 0.717) is 18.5 Å². The van der Waals surface area contributed by atoms with E-state index in [9.17, 15) is 14.4 Å². The molecule has 1 aliphatic heterocycles. The number of nitrogens with zero attached hydrogens (tertiary/aromatic N) is 1. The number of carbonyl (C=O) groups is 3. The third-order valence-corrected chi connectivity index (χ3v) is 4.63. The zero-order chi connectivity index (χ0) is 16.4. The van der Waals surface area contributed by atoms with Crippen LogP contribution in [0.15, 0.2) is 18.2 Å². The van der Waals surface area contributed by atoms with E-state index >= 15 is 0 Å². The lowest BCUT2D eigenvalue weighted by molar-refractivity contribution is -0.153. The molecule has 5 nitrogen and oxygen atoms in total. The first-order chi connectivity index (χ1) is 11.1. The van der Waals surface area contributed by atoms with Crippen LogP contribution >= 0.6 is 0 Å². The average Bonchev–Trinajstić information content (AvgIpc) is 3.01. The molecule has 1 saturated heterocycles. The minimum Gasteiger partial charge on any atom is -0.465 e. The summed E-state index contributed by atoms with van der Waals surface area (Å²) in [6, 6.07) is 5.81. The molecule has 0 bridgehead atoms. The number of likely N-dealkylation sites (tertiary alicyclic amines) is 1. The molecule has 1 fully saturated rings. The second kappa shape index (κ2) is 6.52. The summed E-state index contributed by atoms with van der Waals surface area (Å²) in [5.74, 6) is -1.55. The molecule has 0 saturated carbocycles. The molecular formula is C18H21NO4. The fourth-order valence-corrected chi connectivity index (χ4v) is 3.38. The second-order valence-electron chi connectivity index (χ2n) is 6.12. The van der Waals surface area contributed by atoms with Crippen molar-refractivity contribution < 1.29 is 19.1 Å². The summed E-state index contributed by atoms with van der Waals surface area (Å²) in [6.07, 6.45) is 3.57. The monoisotopic (exact) mass is 315 g/mol. The highest BCUT2D eigenvalue weighted by molar-refractivity contribution is 6.04. The van der Waals surface area contributed by atoms with Crippen molar-refractivity contribution >= 4 is 17.7 Å². The Balaban J connectivity index is 1.68. The molecule has 122 valence electrons. The van der Waals surface area contributed by atoms with E-state index in [4.69, 9.17) is 4.74 Å². The Hall–Kier alpha value is -2.17. The number of piperidine rings is 1. The van der Waals surface area contributed by atoms with Gasteiger partial charge in [-0.15, -0.1) is 0 Å². The van der Waals surface area contributed by atoms with E-state index in [1.54, 1.807) is 6.92 Å². The highest BCUT2D eigenvalue weighted by atomic mass is 16.5. The second-order valence-corrected chi connectivity index (χ2v) is 6.12. The van der Waals surface area contributed by atoms with Gasteiger partial charge in [-0.3, -0.25) is 14.4 Å². The van der Waals surface area contributed by atoms with Gasteiger partial charge in [0.05, 0.1) is 13.2 Å². The van der Waals surface area contributed by atoms with Gasteiger partial charge in [-0.25, -0.2) is 0 Å². The van der Waals surface area contributed by atoms with E-state index in [0.717, 1.165) is 19.3 Å². The van der Waals surface area contributed by atoms with Gasteiger partial charge in [0.1, 0.15) is 5.92 Å². The number of Topliss-reactive ketones (excluding diaryl/α,β-unsaturated/α-hetero) is 1. The molecule has 5 heteroatoms. The molecule has 0 aromatic heterocycles. The fraction of sp³-hybridized carbons (Fsp3) is 0.500. The van der Waals surface area contributed by atoms with E-state index < -0.39 is 11.9 Å². The lowest BCUT2D eigenvalue weighted by Gasteiger charge is -2.30. The number of carbonyl (C=O) groups excluding carboxylic acids is 3. The Labute approximate surface area is 135 Å². The van der Waals surface area contributed by atoms with Crippen LogP contribution in [0.25, 0.3) is 0 Å². The number of fused-ring (bicyclic) bond motifs is 1. The van der Waals surface area contributed by atoms with Crippen molar-refractivity contribution in [3.8, 4) is 0 Å². The van der Waals surface area contributed by atoms with Gasteiger partial charge in [-0.1, -0.05) is 6.07 Å². The molecule has 0 radical (unpaired) electrons. The highest BCUT2D eigenvalue weighted by Gasteiger charge is 2.35. The van der Waals surface area contributed by atoms with Crippen molar-refractivity contribution in [2.24, 2.45) is 5.92 Å². The molecule has 1 atom stereocenters. The number of amides is 1. The van der Waals surface area contributed by atoms with Crippen molar-refractivity contribution in [3.05, 3.63) is 34.9 Å². The maximum Gasteiger partial charge on any atom is 0.316 e. The molecule has 0 N–H and O–H groups in total. The van der Waals surface area contributed by atoms with Crippen LogP contribution in [0.3, 0.4) is 0 Å². The van der Waals surface area contributed by atoms with Crippen LogP contribution < -0.4 is 0 Å². The summed E-state index contributed by atoms with van der Waals surface area (Å²) in [5, 5.41) is 0. The average molecular weight is 315 g/mol. The zero-order valence-corrected chi connectivity index (χ0v) is 13.3. The highest BCUT2D eigenvalue weighted by Crippen LogP contribution is 2.24. The Bertz CT molecular complexity index is 652. The Morgan fingerprint density at radius 1 is 1.26 bits per heavy atom. The molecule has 1 unspecified atom stereocenters. The van der Waals surface area contributed by atoms with Crippen molar-refractivity contribution in [3.63, 3.8) is 0 Å². The first kappa shape index (κ1) is 15.7. The maximum absolute atomic E-state index is 12.6. The van der Waals surface area contributed by atoms with Gasteiger partial charge in [0.2, 0.25) is 0 Å². The number of ether oxygens (including phenoxy) is 1. The first-order valence-electron chi connectivity index (χ1n) is 8.20. The number of hydrogen-bond donors (Lipinski definition) is 0. The number of esters is 1. The van der Waals surface area contributed by atoms with Gasteiger partial charge in [-0.05, 0) is 55.9 Å². The van der Waals surface area contributed by atoms with E-state index in [2.05, 4.69) is 0 Å². The molecule has 1 amide bonds. The van der Waals surface area contributed by atoms with Crippen molar-refractivity contribution in [1.82, 2.24) is 4.90 Å². The molecule has 1 aromatic carbocycles. The summed E-state index contributed by atoms with van der Waals surface area (Å²) < 4.78 is 4.92. The minimum atomic E-state index is -0.723.